The predicted molar refractivity (Wildman–Crippen MR) is 83.8 cm³/mol. The van der Waals surface area contributed by atoms with Gasteiger partial charge in [-0.3, -0.25) is 4.79 Å². The first-order valence-electron chi connectivity index (χ1n) is 6.73. The standard InChI is InChI=1S/C17H17NO3/c1-9-5-11(8-19)10(2)15-16-13(18-17(9)15)6-12(20-3)7-14(16)21-4/h5-8,18H,1-4H3. The Hall–Kier alpha value is -2.49. The number of hydrogen-bond acceptors (Lipinski definition) is 3. The van der Waals surface area contributed by atoms with Crippen LogP contribution in [-0.2, 0) is 0 Å². The van der Waals surface area contributed by atoms with E-state index < -0.39 is 0 Å². The SMILES string of the molecule is COc1cc(OC)c2c(c1)[nH]c1c(C)cc(C=O)c(C)c12. The van der Waals surface area contributed by atoms with Crippen LogP contribution in [0.5, 0.6) is 11.5 Å². The number of aromatic amines is 1. The van der Waals surface area contributed by atoms with Gasteiger partial charge in [-0.05, 0) is 31.0 Å². The number of carbonyl (C=O) groups excluding carboxylic acids is 1. The average molecular weight is 283 g/mol. The number of aryl methyl sites for hydroxylation is 2. The number of H-pyrrole nitrogens is 1. The van der Waals surface area contributed by atoms with Crippen LogP contribution >= 0.6 is 0 Å². The predicted octanol–water partition coefficient (Wildman–Crippen LogP) is 3.77. The molecule has 1 N–H and O–H groups in total. The Balaban J connectivity index is 2.56. The molecule has 0 radical (unpaired) electrons. The van der Waals surface area contributed by atoms with Gasteiger partial charge in [0.1, 0.15) is 17.8 Å². The van der Waals surface area contributed by atoms with Crippen LogP contribution in [0.4, 0.5) is 0 Å². The molecule has 3 aromatic rings. The van der Waals surface area contributed by atoms with Crippen LogP contribution in [0.3, 0.4) is 0 Å². The largest absolute Gasteiger partial charge is 0.497 e. The Morgan fingerprint density at radius 3 is 2.43 bits per heavy atom. The van der Waals surface area contributed by atoms with E-state index in [2.05, 4.69) is 4.98 Å². The Labute approximate surface area is 122 Å². The highest BCUT2D eigenvalue weighted by molar-refractivity contribution is 6.14. The second-order valence-corrected chi connectivity index (χ2v) is 5.15. The van der Waals surface area contributed by atoms with E-state index in [0.29, 0.717) is 5.56 Å². The van der Waals surface area contributed by atoms with E-state index in [0.717, 1.165) is 50.7 Å². The highest BCUT2D eigenvalue weighted by Crippen LogP contribution is 2.39. The Bertz CT molecular complexity index is 862. The molecule has 0 amide bonds. The molecule has 0 unspecified atom stereocenters. The number of fused-ring (bicyclic) bond motifs is 3. The van der Waals surface area contributed by atoms with E-state index in [1.807, 2.05) is 32.0 Å². The first kappa shape index (κ1) is 13.5. The van der Waals surface area contributed by atoms with Crippen molar-refractivity contribution in [3.05, 3.63) is 34.9 Å². The van der Waals surface area contributed by atoms with Crippen molar-refractivity contribution in [2.45, 2.75) is 13.8 Å². The summed E-state index contributed by atoms with van der Waals surface area (Å²) in [5.74, 6) is 1.47. The van der Waals surface area contributed by atoms with Gasteiger partial charge >= 0.3 is 0 Å². The zero-order valence-corrected chi connectivity index (χ0v) is 12.5. The molecule has 21 heavy (non-hydrogen) atoms. The molecule has 108 valence electrons. The molecule has 0 aliphatic carbocycles. The van der Waals surface area contributed by atoms with Gasteiger partial charge in [-0.1, -0.05) is 0 Å². The lowest BCUT2D eigenvalue weighted by atomic mass is 9.99. The molecule has 1 heterocycles. The zero-order valence-electron chi connectivity index (χ0n) is 12.5. The van der Waals surface area contributed by atoms with Gasteiger partial charge in [0.15, 0.2) is 0 Å². The van der Waals surface area contributed by atoms with Crippen LogP contribution in [0.25, 0.3) is 21.8 Å². The molecule has 0 saturated heterocycles. The minimum absolute atomic E-state index is 0.707. The van der Waals surface area contributed by atoms with E-state index in [1.54, 1.807) is 14.2 Å². The van der Waals surface area contributed by atoms with Crippen molar-refractivity contribution < 1.29 is 14.3 Å². The van der Waals surface area contributed by atoms with Gasteiger partial charge in [-0.15, -0.1) is 0 Å². The number of benzene rings is 2. The van der Waals surface area contributed by atoms with Gasteiger partial charge in [0.05, 0.1) is 19.7 Å². The van der Waals surface area contributed by atoms with E-state index in [4.69, 9.17) is 9.47 Å². The monoisotopic (exact) mass is 283 g/mol. The molecular formula is C17H17NO3. The number of ether oxygens (including phenoxy) is 2. The summed E-state index contributed by atoms with van der Waals surface area (Å²) in [6.07, 6.45) is 0.899. The molecule has 0 aliphatic heterocycles. The maximum absolute atomic E-state index is 11.3. The fraction of sp³-hybridized carbons (Fsp3) is 0.235. The van der Waals surface area contributed by atoms with Crippen LogP contribution < -0.4 is 9.47 Å². The summed E-state index contributed by atoms with van der Waals surface area (Å²) in [6.45, 7) is 3.95. The van der Waals surface area contributed by atoms with Gasteiger partial charge in [-0.2, -0.15) is 0 Å². The summed E-state index contributed by atoms with van der Waals surface area (Å²) < 4.78 is 10.8. The summed E-state index contributed by atoms with van der Waals surface area (Å²) in [5.41, 5.74) is 4.67. The quantitative estimate of drug-likeness (QED) is 0.744. The third-order valence-corrected chi connectivity index (χ3v) is 3.99. The van der Waals surface area contributed by atoms with Gasteiger partial charge in [-0.25, -0.2) is 0 Å². The maximum atomic E-state index is 11.3. The molecule has 0 saturated carbocycles. The van der Waals surface area contributed by atoms with Crippen LogP contribution in [0.1, 0.15) is 21.5 Å². The minimum Gasteiger partial charge on any atom is -0.497 e. The summed E-state index contributed by atoms with van der Waals surface area (Å²) in [7, 11) is 3.27. The van der Waals surface area contributed by atoms with E-state index in [1.165, 1.54) is 0 Å². The van der Waals surface area contributed by atoms with Crippen molar-refractivity contribution in [1.82, 2.24) is 4.98 Å². The number of aromatic nitrogens is 1. The number of nitrogens with one attached hydrogen (secondary N) is 1. The number of hydrogen-bond donors (Lipinski definition) is 1. The smallest absolute Gasteiger partial charge is 0.150 e. The van der Waals surface area contributed by atoms with Gasteiger partial charge in [0, 0.05) is 34.0 Å². The second kappa shape index (κ2) is 4.81. The van der Waals surface area contributed by atoms with Crippen LogP contribution in [-0.4, -0.2) is 25.5 Å². The molecule has 4 heteroatoms. The first-order chi connectivity index (χ1) is 10.1. The van der Waals surface area contributed by atoms with E-state index in [-0.39, 0.29) is 0 Å². The average Bonchev–Trinajstić information content (AvgIpc) is 2.89. The van der Waals surface area contributed by atoms with Crippen molar-refractivity contribution in [1.29, 1.82) is 0 Å². The van der Waals surface area contributed by atoms with E-state index in [9.17, 15) is 4.79 Å². The van der Waals surface area contributed by atoms with Crippen molar-refractivity contribution in [2.75, 3.05) is 14.2 Å². The lowest BCUT2D eigenvalue weighted by molar-refractivity contribution is 0.112. The summed E-state index contributed by atoms with van der Waals surface area (Å²) in [4.78, 5) is 14.7. The van der Waals surface area contributed by atoms with Crippen LogP contribution in [0.2, 0.25) is 0 Å². The molecule has 1 aromatic heterocycles. The van der Waals surface area contributed by atoms with Gasteiger partial charge in [0.2, 0.25) is 0 Å². The summed E-state index contributed by atoms with van der Waals surface area (Å²) >= 11 is 0. The fourth-order valence-electron chi connectivity index (χ4n) is 2.90. The molecule has 0 aliphatic rings. The number of methoxy groups -OCH3 is 2. The molecule has 4 nitrogen and oxygen atoms in total. The second-order valence-electron chi connectivity index (χ2n) is 5.15. The number of aldehydes is 1. The molecule has 0 atom stereocenters. The van der Waals surface area contributed by atoms with Crippen molar-refractivity contribution in [3.8, 4) is 11.5 Å². The first-order valence-corrected chi connectivity index (χ1v) is 6.73. The summed E-state index contributed by atoms with van der Waals surface area (Å²) in [5, 5.41) is 2.02. The van der Waals surface area contributed by atoms with Gasteiger partial charge in [0.25, 0.3) is 0 Å². The molecule has 2 aromatic carbocycles. The maximum Gasteiger partial charge on any atom is 0.150 e. The highest BCUT2D eigenvalue weighted by atomic mass is 16.5. The lowest BCUT2D eigenvalue weighted by Crippen LogP contribution is -1.91. The molecule has 0 bridgehead atoms. The minimum atomic E-state index is 0.707. The Kier molecular flexibility index (Phi) is 3.09. The zero-order chi connectivity index (χ0) is 15.1. The molecule has 0 spiro atoms. The van der Waals surface area contributed by atoms with Crippen LogP contribution in [0.15, 0.2) is 18.2 Å². The van der Waals surface area contributed by atoms with Crippen molar-refractivity contribution in [3.63, 3.8) is 0 Å². The van der Waals surface area contributed by atoms with Crippen molar-refractivity contribution in [2.24, 2.45) is 0 Å². The van der Waals surface area contributed by atoms with E-state index >= 15 is 0 Å². The molecule has 3 rings (SSSR count). The Morgan fingerprint density at radius 2 is 1.81 bits per heavy atom. The summed E-state index contributed by atoms with van der Waals surface area (Å²) in [6, 6.07) is 5.71. The molecular weight excluding hydrogens is 266 g/mol. The van der Waals surface area contributed by atoms with Crippen LogP contribution in [0, 0.1) is 13.8 Å². The van der Waals surface area contributed by atoms with Gasteiger partial charge < -0.3 is 14.5 Å². The lowest BCUT2D eigenvalue weighted by Gasteiger charge is -2.08. The third-order valence-electron chi connectivity index (χ3n) is 3.99. The third kappa shape index (κ3) is 1.87. The number of carbonyl (C=O) groups is 1. The Morgan fingerprint density at radius 1 is 1.05 bits per heavy atom. The van der Waals surface area contributed by atoms with Crippen molar-refractivity contribution >= 4 is 28.1 Å². The normalized spacial score (nSPS) is 11.0. The topological polar surface area (TPSA) is 51.3 Å². The highest BCUT2D eigenvalue weighted by Gasteiger charge is 2.16. The number of rotatable bonds is 3. The fourth-order valence-corrected chi connectivity index (χ4v) is 2.90. The molecule has 0 fully saturated rings.